The summed E-state index contributed by atoms with van der Waals surface area (Å²) < 4.78 is 1.02. The van der Waals surface area contributed by atoms with E-state index in [2.05, 4.69) is 37.5 Å². The van der Waals surface area contributed by atoms with Gasteiger partial charge in [0.25, 0.3) is 0 Å². The zero-order valence-corrected chi connectivity index (χ0v) is 9.63. The summed E-state index contributed by atoms with van der Waals surface area (Å²) in [7, 11) is 0. The monoisotopic (exact) mass is 255 g/mol. The zero-order valence-electron chi connectivity index (χ0n) is 8.04. The molecule has 0 aliphatic carbocycles. The SMILES string of the molecule is Brc1cnnc(CC2CCNCC2)c1. The third-order valence-corrected chi connectivity index (χ3v) is 3.06. The number of aromatic nitrogens is 2. The second kappa shape index (κ2) is 4.84. The highest BCUT2D eigenvalue weighted by Crippen LogP contribution is 2.18. The fourth-order valence-corrected chi connectivity index (χ4v) is 2.22. The number of rotatable bonds is 2. The highest BCUT2D eigenvalue weighted by Gasteiger charge is 2.14. The van der Waals surface area contributed by atoms with Crippen LogP contribution >= 0.6 is 15.9 Å². The highest BCUT2D eigenvalue weighted by atomic mass is 79.9. The lowest BCUT2D eigenvalue weighted by Crippen LogP contribution is -2.28. The highest BCUT2D eigenvalue weighted by molar-refractivity contribution is 9.10. The van der Waals surface area contributed by atoms with Crippen molar-refractivity contribution in [1.82, 2.24) is 15.5 Å². The van der Waals surface area contributed by atoms with E-state index in [-0.39, 0.29) is 0 Å². The minimum atomic E-state index is 0.778. The minimum Gasteiger partial charge on any atom is -0.317 e. The Morgan fingerprint density at radius 1 is 1.43 bits per heavy atom. The predicted octanol–water partition coefficient (Wildman–Crippen LogP) is 1.78. The van der Waals surface area contributed by atoms with Crippen molar-refractivity contribution < 1.29 is 0 Å². The van der Waals surface area contributed by atoms with E-state index in [0.717, 1.165) is 35.6 Å². The summed E-state index contributed by atoms with van der Waals surface area (Å²) >= 11 is 3.41. The van der Waals surface area contributed by atoms with Gasteiger partial charge in [-0.15, -0.1) is 0 Å². The van der Waals surface area contributed by atoms with Crippen LogP contribution in [0.25, 0.3) is 0 Å². The van der Waals surface area contributed by atoms with Crippen LogP contribution in [0.4, 0.5) is 0 Å². The Bertz CT molecular complexity index is 297. The predicted molar refractivity (Wildman–Crippen MR) is 59.0 cm³/mol. The van der Waals surface area contributed by atoms with Crippen LogP contribution in [-0.2, 0) is 6.42 Å². The summed E-state index contributed by atoms with van der Waals surface area (Å²) in [4.78, 5) is 0. The van der Waals surface area contributed by atoms with Crippen molar-refractivity contribution in [2.75, 3.05) is 13.1 Å². The average molecular weight is 256 g/mol. The van der Waals surface area contributed by atoms with Gasteiger partial charge in [0.1, 0.15) is 0 Å². The molecule has 1 saturated heterocycles. The molecule has 0 aromatic carbocycles. The summed E-state index contributed by atoms with van der Waals surface area (Å²) in [5.74, 6) is 0.778. The number of hydrogen-bond acceptors (Lipinski definition) is 3. The first kappa shape index (κ1) is 10.1. The molecule has 1 aliphatic rings. The molecule has 4 heteroatoms. The maximum absolute atomic E-state index is 4.13. The van der Waals surface area contributed by atoms with E-state index in [9.17, 15) is 0 Å². The van der Waals surface area contributed by atoms with E-state index in [1.54, 1.807) is 6.20 Å². The van der Waals surface area contributed by atoms with Crippen LogP contribution in [0.3, 0.4) is 0 Å². The molecule has 1 N–H and O–H groups in total. The Morgan fingerprint density at radius 2 is 2.21 bits per heavy atom. The smallest absolute Gasteiger partial charge is 0.0645 e. The molecule has 2 heterocycles. The number of nitrogens with one attached hydrogen (secondary N) is 1. The molecule has 0 bridgehead atoms. The van der Waals surface area contributed by atoms with Crippen molar-refractivity contribution in [1.29, 1.82) is 0 Å². The van der Waals surface area contributed by atoms with E-state index < -0.39 is 0 Å². The van der Waals surface area contributed by atoms with Crippen molar-refractivity contribution in [2.24, 2.45) is 5.92 Å². The van der Waals surface area contributed by atoms with Gasteiger partial charge >= 0.3 is 0 Å². The fraction of sp³-hybridized carbons (Fsp3) is 0.600. The molecule has 76 valence electrons. The quantitative estimate of drug-likeness (QED) is 0.876. The summed E-state index contributed by atoms with van der Waals surface area (Å²) in [6, 6.07) is 2.06. The van der Waals surface area contributed by atoms with E-state index >= 15 is 0 Å². The van der Waals surface area contributed by atoms with Gasteiger partial charge in [-0.2, -0.15) is 10.2 Å². The lowest BCUT2D eigenvalue weighted by molar-refractivity contribution is 0.369. The van der Waals surface area contributed by atoms with Crippen molar-refractivity contribution >= 4 is 15.9 Å². The van der Waals surface area contributed by atoms with Crippen LogP contribution < -0.4 is 5.32 Å². The van der Waals surface area contributed by atoms with Gasteiger partial charge in [-0.3, -0.25) is 0 Å². The maximum Gasteiger partial charge on any atom is 0.0645 e. The molecule has 0 amide bonds. The van der Waals surface area contributed by atoms with Gasteiger partial charge in [0.15, 0.2) is 0 Å². The van der Waals surface area contributed by atoms with Gasteiger partial charge in [0.05, 0.1) is 11.9 Å². The van der Waals surface area contributed by atoms with Gasteiger partial charge in [-0.1, -0.05) is 0 Å². The lowest BCUT2D eigenvalue weighted by atomic mass is 9.93. The van der Waals surface area contributed by atoms with Gasteiger partial charge in [-0.05, 0) is 60.3 Å². The molecule has 0 saturated carbocycles. The van der Waals surface area contributed by atoms with Crippen molar-refractivity contribution in [2.45, 2.75) is 19.3 Å². The van der Waals surface area contributed by atoms with Crippen LogP contribution in [0, 0.1) is 5.92 Å². The Morgan fingerprint density at radius 3 is 2.93 bits per heavy atom. The van der Waals surface area contributed by atoms with Crippen molar-refractivity contribution in [3.63, 3.8) is 0 Å². The molecule has 1 aromatic heterocycles. The number of piperidine rings is 1. The molecule has 0 unspecified atom stereocenters. The first-order valence-corrected chi connectivity index (χ1v) is 5.82. The van der Waals surface area contributed by atoms with Crippen molar-refractivity contribution in [3.05, 3.63) is 22.4 Å². The molecule has 3 nitrogen and oxygen atoms in total. The van der Waals surface area contributed by atoms with Crippen LogP contribution in [0.1, 0.15) is 18.5 Å². The van der Waals surface area contributed by atoms with Gasteiger partial charge in [-0.25, -0.2) is 0 Å². The lowest BCUT2D eigenvalue weighted by Gasteiger charge is -2.21. The van der Waals surface area contributed by atoms with Crippen LogP contribution in [0.15, 0.2) is 16.7 Å². The van der Waals surface area contributed by atoms with E-state index in [0.29, 0.717) is 0 Å². The third-order valence-electron chi connectivity index (χ3n) is 2.63. The molecule has 2 rings (SSSR count). The molecular weight excluding hydrogens is 242 g/mol. The molecule has 0 atom stereocenters. The number of nitrogens with zero attached hydrogens (tertiary/aromatic N) is 2. The van der Waals surface area contributed by atoms with Crippen LogP contribution in [0.2, 0.25) is 0 Å². The molecule has 0 spiro atoms. The van der Waals surface area contributed by atoms with Gasteiger partial charge < -0.3 is 5.32 Å². The Balaban J connectivity index is 1.95. The third kappa shape index (κ3) is 2.75. The van der Waals surface area contributed by atoms with E-state index in [1.807, 2.05) is 0 Å². The van der Waals surface area contributed by atoms with Crippen LogP contribution in [-0.4, -0.2) is 23.3 Å². The molecule has 0 radical (unpaired) electrons. The second-order valence-corrected chi connectivity index (χ2v) is 4.68. The Kier molecular flexibility index (Phi) is 3.48. The Labute approximate surface area is 92.4 Å². The second-order valence-electron chi connectivity index (χ2n) is 3.76. The summed E-state index contributed by atoms with van der Waals surface area (Å²) in [5, 5.41) is 11.4. The normalized spacial score (nSPS) is 18.4. The number of hydrogen-bond donors (Lipinski definition) is 1. The van der Waals surface area contributed by atoms with Gasteiger partial charge in [0, 0.05) is 4.47 Å². The van der Waals surface area contributed by atoms with Crippen LogP contribution in [0.5, 0.6) is 0 Å². The molecule has 1 aromatic rings. The van der Waals surface area contributed by atoms with E-state index in [1.165, 1.54) is 12.8 Å². The van der Waals surface area contributed by atoms with Crippen molar-refractivity contribution in [3.8, 4) is 0 Å². The molecule has 14 heavy (non-hydrogen) atoms. The average Bonchev–Trinajstić information content (AvgIpc) is 2.19. The summed E-state index contributed by atoms with van der Waals surface area (Å²) in [6.45, 7) is 2.29. The fourth-order valence-electron chi connectivity index (χ4n) is 1.86. The topological polar surface area (TPSA) is 37.8 Å². The first-order chi connectivity index (χ1) is 6.84. The minimum absolute atomic E-state index is 0.778. The van der Waals surface area contributed by atoms with Gasteiger partial charge in [0.2, 0.25) is 0 Å². The zero-order chi connectivity index (χ0) is 9.80. The first-order valence-electron chi connectivity index (χ1n) is 5.02. The molecular formula is C10H14BrN3. The molecule has 1 fully saturated rings. The summed E-state index contributed by atoms with van der Waals surface area (Å²) in [6.07, 6.45) is 5.31. The standard InChI is InChI=1S/C10H14BrN3/c11-9-6-10(14-13-7-9)5-8-1-3-12-4-2-8/h6-8,12H,1-5H2. The summed E-state index contributed by atoms with van der Waals surface area (Å²) in [5.41, 5.74) is 1.10. The van der Waals surface area contributed by atoms with E-state index in [4.69, 9.17) is 0 Å². The Hall–Kier alpha value is -0.480. The molecule has 1 aliphatic heterocycles. The maximum atomic E-state index is 4.13. The number of halogens is 1. The largest absolute Gasteiger partial charge is 0.317 e.